The van der Waals surface area contributed by atoms with E-state index in [-0.39, 0.29) is 13.4 Å². The first-order valence-corrected chi connectivity index (χ1v) is 5.58. The van der Waals surface area contributed by atoms with E-state index >= 15 is 0 Å². The van der Waals surface area contributed by atoms with Gasteiger partial charge in [0.1, 0.15) is 6.61 Å². The number of benzene rings is 1. The van der Waals surface area contributed by atoms with E-state index in [0.29, 0.717) is 5.56 Å². The highest BCUT2D eigenvalue weighted by Crippen LogP contribution is 2.10. The number of hydrogen-bond acceptors (Lipinski definition) is 6. The molecular formula is C13H17NO5. The quantitative estimate of drug-likeness (QED) is 0.195. The molecule has 1 N–H and O–H groups in total. The van der Waals surface area contributed by atoms with Crippen LogP contribution in [0.3, 0.4) is 0 Å². The van der Waals surface area contributed by atoms with Crippen LogP contribution in [0.1, 0.15) is 17.3 Å². The number of nitrogens with one attached hydrogen (secondary N) is 1. The summed E-state index contributed by atoms with van der Waals surface area (Å²) in [6.45, 7) is 5.41. The summed E-state index contributed by atoms with van der Waals surface area (Å²) in [5, 5.41) is 0. The van der Waals surface area contributed by atoms with Crippen molar-refractivity contribution in [3.05, 3.63) is 42.0 Å². The Kier molecular flexibility index (Phi) is 6.59. The smallest absolute Gasteiger partial charge is 0.340 e. The van der Waals surface area contributed by atoms with Crippen molar-refractivity contribution in [1.29, 1.82) is 0 Å². The SMILES string of the molecule is C=C(C)COOCOC(=O)c1ccc(NOC)cc1. The predicted octanol–water partition coefficient (Wildman–Crippen LogP) is 2.30. The molecule has 0 aliphatic rings. The van der Waals surface area contributed by atoms with Crippen molar-refractivity contribution in [2.75, 3.05) is 26.0 Å². The molecule has 104 valence electrons. The van der Waals surface area contributed by atoms with Gasteiger partial charge in [0.25, 0.3) is 0 Å². The predicted molar refractivity (Wildman–Crippen MR) is 69.2 cm³/mol. The largest absolute Gasteiger partial charge is 0.432 e. The van der Waals surface area contributed by atoms with Crippen molar-refractivity contribution in [2.45, 2.75) is 6.92 Å². The lowest BCUT2D eigenvalue weighted by Gasteiger charge is -2.06. The molecule has 6 heteroatoms. The van der Waals surface area contributed by atoms with Gasteiger partial charge >= 0.3 is 5.97 Å². The third-order valence-corrected chi connectivity index (χ3v) is 1.97. The van der Waals surface area contributed by atoms with Crippen molar-refractivity contribution in [1.82, 2.24) is 0 Å². The molecule has 0 heterocycles. The number of rotatable bonds is 8. The standard InChI is InChI=1S/C13H17NO5/c1-10(2)8-18-19-9-17-13(15)11-4-6-12(7-5-11)14-16-3/h4-7,14H,1,8-9H2,2-3H3. The van der Waals surface area contributed by atoms with Gasteiger partial charge < -0.3 is 4.74 Å². The summed E-state index contributed by atoms with van der Waals surface area (Å²) >= 11 is 0. The molecule has 0 radical (unpaired) electrons. The molecule has 1 aromatic carbocycles. The topological polar surface area (TPSA) is 66.0 Å². The van der Waals surface area contributed by atoms with Crippen LogP contribution in [0, 0.1) is 0 Å². The van der Waals surface area contributed by atoms with Crippen LogP contribution in [0.5, 0.6) is 0 Å². The Balaban J connectivity index is 2.30. The summed E-state index contributed by atoms with van der Waals surface area (Å²) < 4.78 is 4.84. The van der Waals surface area contributed by atoms with Crippen LogP contribution in [-0.4, -0.2) is 26.5 Å². The van der Waals surface area contributed by atoms with Crippen LogP contribution in [0.4, 0.5) is 5.69 Å². The van der Waals surface area contributed by atoms with Gasteiger partial charge in [0.05, 0.1) is 18.4 Å². The van der Waals surface area contributed by atoms with E-state index in [0.717, 1.165) is 11.3 Å². The van der Waals surface area contributed by atoms with Gasteiger partial charge in [-0.05, 0) is 31.2 Å². The number of anilines is 1. The monoisotopic (exact) mass is 267 g/mol. The molecule has 0 aromatic heterocycles. The molecule has 1 aromatic rings. The van der Waals surface area contributed by atoms with Crippen LogP contribution >= 0.6 is 0 Å². The summed E-state index contributed by atoms with van der Waals surface area (Å²) in [4.78, 5) is 25.7. The van der Waals surface area contributed by atoms with Crippen LogP contribution in [0.25, 0.3) is 0 Å². The zero-order chi connectivity index (χ0) is 14.1. The first-order valence-electron chi connectivity index (χ1n) is 5.58. The molecule has 6 nitrogen and oxygen atoms in total. The summed E-state index contributed by atoms with van der Waals surface area (Å²) in [5.41, 5.74) is 4.60. The second kappa shape index (κ2) is 8.25. The van der Waals surface area contributed by atoms with E-state index < -0.39 is 5.97 Å². The fourth-order valence-corrected chi connectivity index (χ4v) is 1.13. The Hall–Kier alpha value is -1.89. The molecule has 0 spiro atoms. The van der Waals surface area contributed by atoms with Gasteiger partial charge in [0.2, 0.25) is 6.79 Å². The van der Waals surface area contributed by atoms with E-state index in [9.17, 15) is 4.79 Å². The number of carbonyl (C=O) groups is 1. The first kappa shape index (κ1) is 15.2. The van der Waals surface area contributed by atoms with Gasteiger partial charge in [-0.25, -0.2) is 9.68 Å². The maximum absolute atomic E-state index is 11.6. The van der Waals surface area contributed by atoms with Crippen molar-refractivity contribution in [3.8, 4) is 0 Å². The van der Waals surface area contributed by atoms with Crippen LogP contribution in [0.2, 0.25) is 0 Å². The molecule has 0 atom stereocenters. The number of hydrogen-bond donors (Lipinski definition) is 1. The highest BCUT2D eigenvalue weighted by molar-refractivity contribution is 5.89. The van der Waals surface area contributed by atoms with Gasteiger partial charge in [-0.3, -0.25) is 10.3 Å². The minimum atomic E-state index is -0.497. The molecule has 0 unspecified atom stereocenters. The molecule has 0 saturated heterocycles. The fourth-order valence-electron chi connectivity index (χ4n) is 1.13. The molecule has 1 rings (SSSR count). The number of ether oxygens (including phenoxy) is 1. The molecule has 0 aliphatic carbocycles. The maximum atomic E-state index is 11.6. The zero-order valence-electron chi connectivity index (χ0n) is 11.0. The fraction of sp³-hybridized carbons (Fsp3) is 0.308. The van der Waals surface area contributed by atoms with Crippen molar-refractivity contribution >= 4 is 11.7 Å². The molecule has 0 amide bonds. The summed E-state index contributed by atoms with van der Waals surface area (Å²) in [6, 6.07) is 6.61. The normalized spacial score (nSPS) is 10.0. The molecule has 0 aliphatic heterocycles. The van der Waals surface area contributed by atoms with Crippen molar-refractivity contribution in [2.24, 2.45) is 0 Å². The maximum Gasteiger partial charge on any atom is 0.340 e. The summed E-state index contributed by atoms with van der Waals surface area (Å²) in [7, 11) is 1.50. The van der Waals surface area contributed by atoms with Crippen molar-refractivity contribution < 1.29 is 24.1 Å². The first-order chi connectivity index (χ1) is 9.13. The van der Waals surface area contributed by atoms with Gasteiger partial charge in [-0.2, -0.15) is 4.89 Å². The van der Waals surface area contributed by atoms with Crippen molar-refractivity contribution in [3.63, 3.8) is 0 Å². The van der Waals surface area contributed by atoms with E-state index in [4.69, 9.17) is 14.5 Å². The molecule has 19 heavy (non-hydrogen) atoms. The Labute approximate surface area is 111 Å². The van der Waals surface area contributed by atoms with Gasteiger partial charge in [-0.15, -0.1) is 0 Å². The van der Waals surface area contributed by atoms with E-state index in [1.807, 2.05) is 0 Å². The van der Waals surface area contributed by atoms with Crippen LogP contribution < -0.4 is 5.48 Å². The van der Waals surface area contributed by atoms with E-state index in [2.05, 4.69) is 16.9 Å². The summed E-state index contributed by atoms with van der Waals surface area (Å²) in [5.74, 6) is -0.497. The van der Waals surface area contributed by atoms with Gasteiger partial charge in [0, 0.05) is 0 Å². The van der Waals surface area contributed by atoms with Crippen LogP contribution in [-0.2, 0) is 19.3 Å². The molecule has 0 saturated carbocycles. The highest BCUT2D eigenvalue weighted by Gasteiger charge is 2.06. The zero-order valence-corrected chi connectivity index (χ0v) is 11.0. The summed E-state index contributed by atoms with van der Waals surface area (Å²) in [6.07, 6.45) is 0. The van der Waals surface area contributed by atoms with Gasteiger partial charge in [0.15, 0.2) is 0 Å². The highest BCUT2D eigenvalue weighted by atomic mass is 17.2. The third kappa shape index (κ3) is 6.01. The number of esters is 1. The number of carbonyl (C=O) groups excluding carboxylic acids is 1. The minimum absolute atomic E-state index is 0.259. The second-order valence-corrected chi connectivity index (χ2v) is 3.77. The molecule has 0 fully saturated rings. The third-order valence-electron chi connectivity index (χ3n) is 1.97. The Morgan fingerprint density at radius 3 is 2.53 bits per heavy atom. The van der Waals surface area contributed by atoms with Crippen LogP contribution in [0.15, 0.2) is 36.4 Å². The van der Waals surface area contributed by atoms with Gasteiger partial charge in [-0.1, -0.05) is 12.2 Å². The average Bonchev–Trinajstić information content (AvgIpc) is 2.39. The van der Waals surface area contributed by atoms with E-state index in [1.165, 1.54) is 7.11 Å². The lowest BCUT2D eigenvalue weighted by molar-refractivity contribution is -0.321. The lowest BCUT2D eigenvalue weighted by atomic mass is 10.2. The van der Waals surface area contributed by atoms with E-state index in [1.54, 1.807) is 31.2 Å². The Bertz CT molecular complexity index is 416. The molecular weight excluding hydrogens is 250 g/mol. The minimum Gasteiger partial charge on any atom is -0.432 e. The Morgan fingerprint density at radius 2 is 1.95 bits per heavy atom. The lowest BCUT2D eigenvalue weighted by Crippen LogP contribution is -2.10. The second-order valence-electron chi connectivity index (χ2n) is 3.77. The average molecular weight is 267 g/mol. The Morgan fingerprint density at radius 1 is 1.26 bits per heavy atom. The molecule has 0 bridgehead atoms.